The van der Waals surface area contributed by atoms with Crippen molar-refractivity contribution >= 4 is 23.4 Å². The van der Waals surface area contributed by atoms with E-state index in [4.69, 9.17) is 11.6 Å². The predicted octanol–water partition coefficient (Wildman–Crippen LogP) is -0.217. The van der Waals surface area contributed by atoms with Crippen LogP contribution in [0.15, 0.2) is 0 Å². The number of alkyl halides is 1. The van der Waals surface area contributed by atoms with Crippen molar-refractivity contribution in [1.82, 2.24) is 10.9 Å². The van der Waals surface area contributed by atoms with Gasteiger partial charge >= 0.3 is 0 Å². The molecule has 0 aromatic carbocycles. The third-order valence-corrected chi connectivity index (χ3v) is 1.03. The van der Waals surface area contributed by atoms with E-state index in [1.165, 1.54) is 0 Å². The van der Waals surface area contributed by atoms with Gasteiger partial charge in [0, 0.05) is 6.42 Å². The van der Waals surface area contributed by atoms with Gasteiger partial charge in [0.15, 0.2) is 0 Å². The Hall–Kier alpha value is -0.770. The minimum atomic E-state index is -0.413. The summed E-state index contributed by atoms with van der Waals surface area (Å²) in [5.41, 5.74) is 4.27. The predicted molar refractivity (Wildman–Crippen MR) is 37.3 cm³/mol. The lowest BCUT2D eigenvalue weighted by molar-refractivity contribution is -0.127. The van der Waals surface area contributed by atoms with Crippen LogP contribution in [0.3, 0.4) is 0 Å². The van der Waals surface area contributed by atoms with Gasteiger partial charge in [-0.3, -0.25) is 20.4 Å². The molecule has 0 aromatic heterocycles. The third-order valence-electron chi connectivity index (χ3n) is 0.784. The molecule has 0 aliphatic carbocycles. The first-order valence-electron chi connectivity index (χ1n) is 2.84. The molecule has 0 spiro atoms. The SMILES string of the molecule is CCC(=O)NNC(=O)CCl. The van der Waals surface area contributed by atoms with E-state index in [0.717, 1.165) is 0 Å². The molecule has 2 N–H and O–H groups in total. The zero-order valence-electron chi connectivity index (χ0n) is 5.61. The first-order valence-corrected chi connectivity index (χ1v) is 3.37. The van der Waals surface area contributed by atoms with Gasteiger partial charge in [-0.2, -0.15) is 0 Å². The number of carbonyl (C=O) groups excluding carboxylic acids is 2. The second-order valence-electron chi connectivity index (χ2n) is 1.58. The number of hydrogen-bond donors (Lipinski definition) is 2. The van der Waals surface area contributed by atoms with E-state index in [0.29, 0.717) is 6.42 Å². The highest BCUT2D eigenvalue weighted by atomic mass is 35.5. The van der Waals surface area contributed by atoms with Gasteiger partial charge in [-0.15, -0.1) is 11.6 Å². The number of hydrazine groups is 1. The molecule has 4 nitrogen and oxygen atoms in total. The standard InChI is InChI=1S/C5H9ClN2O2/c1-2-4(9)7-8-5(10)3-6/h2-3H2,1H3,(H,7,9)(H,8,10). The summed E-state index contributed by atoms with van der Waals surface area (Å²) in [7, 11) is 0. The van der Waals surface area contributed by atoms with E-state index in [9.17, 15) is 9.59 Å². The molecule has 0 aliphatic rings. The molecule has 0 bridgehead atoms. The fourth-order valence-electron chi connectivity index (χ4n) is 0.261. The highest BCUT2D eigenvalue weighted by molar-refractivity contribution is 6.27. The van der Waals surface area contributed by atoms with Crippen molar-refractivity contribution in [3.05, 3.63) is 0 Å². The summed E-state index contributed by atoms with van der Waals surface area (Å²) in [6, 6.07) is 0. The lowest BCUT2D eigenvalue weighted by Crippen LogP contribution is -2.41. The maximum Gasteiger partial charge on any atom is 0.253 e. The quantitative estimate of drug-likeness (QED) is 0.438. The van der Waals surface area contributed by atoms with Crippen LogP contribution >= 0.6 is 11.6 Å². The van der Waals surface area contributed by atoms with Gasteiger partial charge in [0.2, 0.25) is 5.91 Å². The average Bonchev–Trinajstić information content (AvgIpc) is 1.99. The monoisotopic (exact) mass is 164 g/mol. The van der Waals surface area contributed by atoms with Crippen molar-refractivity contribution in [2.45, 2.75) is 13.3 Å². The second kappa shape index (κ2) is 5.05. The van der Waals surface area contributed by atoms with Crippen LogP contribution in [0.2, 0.25) is 0 Å². The molecule has 0 rings (SSSR count). The molecule has 0 saturated heterocycles. The minimum absolute atomic E-state index is 0.149. The lowest BCUT2D eigenvalue weighted by Gasteiger charge is -2.02. The highest BCUT2D eigenvalue weighted by Crippen LogP contribution is 1.73. The van der Waals surface area contributed by atoms with Crippen molar-refractivity contribution in [3.63, 3.8) is 0 Å². The summed E-state index contributed by atoms with van der Waals surface area (Å²) >= 11 is 5.12. The smallest absolute Gasteiger partial charge is 0.253 e. The van der Waals surface area contributed by atoms with Crippen molar-refractivity contribution in [2.24, 2.45) is 0 Å². The van der Waals surface area contributed by atoms with E-state index in [1.54, 1.807) is 6.92 Å². The van der Waals surface area contributed by atoms with Crippen LogP contribution in [0.4, 0.5) is 0 Å². The molecule has 58 valence electrons. The van der Waals surface area contributed by atoms with E-state index < -0.39 is 5.91 Å². The number of rotatable bonds is 2. The van der Waals surface area contributed by atoms with Crippen LogP contribution in [0.25, 0.3) is 0 Å². The topological polar surface area (TPSA) is 58.2 Å². The molecular weight excluding hydrogens is 156 g/mol. The van der Waals surface area contributed by atoms with Crippen molar-refractivity contribution < 1.29 is 9.59 Å². The Morgan fingerprint density at radius 1 is 1.30 bits per heavy atom. The van der Waals surface area contributed by atoms with Gasteiger partial charge in [-0.05, 0) is 0 Å². The van der Waals surface area contributed by atoms with E-state index >= 15 is 0 Å². The average molecular weight is 165 g/mol. The maximum absolute atomic E-state index is 10.5. The van der Waals surface area contributed by atoms with Gasteiger partial charge < -0.3 is 0 Å². The Labute approximate surface area is 63.9 Å². The molecule has 0 heterocycles. The van der Waals surface area contributed by atoms with Crippen LogP contribution in [0.1, 0.15) is 13.3 Å². The Kier molecular flexibility index (Phi) is 4.66. The molecule has 2 amide bonds. The molecular formula is C5H9ClN2O2. The van der Waals surface area contributed by atoms with Crippen LogP contribution in [0, 0.1) is 0 Å². The van der Waals surface area contributed by atoms with Crippen LogP contribution < -0.4 is 10.9 Å². The highest BCUT2D eigenvalue weighted by Gasteiger charge is 1.98. The number of carbonyl (C=O) groups is 2. The Morgan fingerprint density at radius 3 is 2.20 bits per heavy atom. The molecule has 0 atom stereocenters. The molecule has 0 fully saturated rings. The number of halogens is 1. The zero-order valence-corrected chi connectivity index (χ0v) is 6.36. The van der Waals surface area contributed by atoms with Gasteiger partial charge in [0.05, 0.1) is 0 Å². The Morgan fingerprint density at radius 2 is 1.80 bits per heavy atom. The number of nitrogens with one attached hydrogen (secondary N) is 2. The Bertz CT molecular complexity index is 122. The van der Waals surface area contributed by atoms with Crippen LogP contribution in [0.5, 0.6) is 0 Å². The van der Waals surface area contributed by atoms with Gasteiger partial charge in [-0.25, -0.2) is 0 Å². The third kappa shape index (κ3) is 4.14. The van der Waals surface area contributed by atoms with Crippen molar-refractivity contribution in [2.75, 3.05) is 5.88 Å². The van der Waals surface area contributed by atoms with E-state index in [1.807, 2.05) is 0 Å². The molecule has 0 aromatic rings. The summed E-state index contributed by atoms with van der Waals surface area (Å²) < 4.78 is 0. The number of amides is 2. The largest absolute Gasteiger partial charge is 0.273 e. The minimum Gasteiger partial charge on any atom is -0.273 e. The summed E-state index contributed by atoms with van der Waals surface area (Å²) in [6.07, 6.45) is 0.336. The van der Waals surface area contributed by atoms with Crippen LogP contribution in [-0.4, -0.2) is 17.7 Å². The first kappa shape index (κ1) is 9.23. The fraction of sp³-hybridized carbons (Fsp3) is 0.600. The van der Waals surface area contributed by atoms with Gasteiger partial charge in [0.1, 0.15) is 5.88 Å². The maximum atomic E-state index is 10.5. The van der Waals surface area contributed by atoms with E-state index in [-0.39, 0.29) is 11.8 Å². The summed E-state index contributed by atoms with van der Waals surface area (Å²) in [6.45, 7) is 1.68. The molecule has 0 radical (unpaired) electrons. The molecule has 0 unspecified atom stereocenters. The Balaban J connectivity index is 3.35. The second-order valence-corrected chi connectivity index (χ2v) is 1.85. The summed E-state index contributed by atoms with van der Waals surface area (Å²) in [5, 5.41) is 0. The number of hydrogen-bond acceptors (Lipinski definition) is 2. The van der Waals surface area contributed by atoms with Crippen LogP contribution in [-0.2, 0) is 9.59 Å². The first-order chi connectivity index (χ1) is 4.70. The normalized spacial score (nSPS) is 8.60. The summed E-state index contributed by atoms with van der Waals surface area (Å²) in [5.74, 6) is -0.800. The van der Waals surface area contributed by atoms with Crippen molar-refractivity contribution in [1.29, 1.82) is 0 Å². The van der Waals surface area contributed by atoms with Crippen molar-refractivity contribution in [3.8, 4) is 0 Å². The zero-order chi connectivity index (χ0) is 7.98. The van der Waals surface area contributed by atoms with Gasteiger partial charge in [-0.1, -0.05) is 6.92 Å². The molecule has 0 saturated carbocycles. The molecule has 10 heavy (non-hydrogen) atoms. The van der Waals surface area contributed by atoms with Gasteiger partial charge in [0.25, 0.3) is 5.91 Å². The molecule has 0 aliphatic heterocycles. The van der Waals surface area contributed by atoms with E-state index in [2.05, 4.69) is 10.9 Å². The lowest BCUT2D eigenvalue weighted by atomic mass is 10.5. The molecule has 5 heteroatoms. The summed E-state index contributed by atoms with van der Waals surface area (Å²) in [4.78, 5) is 20.8. The fourth-order valence-corrected chi connectivity index (χ4v) is 0.328.